The van der Waals surface area contributed by atoms with Crippen molar-refractivity contribution in [3.05, 3.63) is 42.0 Å². The maximum Gasteiger partial charge on any atom is 0.248 e. The largest absolute Gasteiger partial charge is 0.378 e. The minimum Gasteiger partial charge on any atom is -0.378 e. The molecule has 2 aromatic heterocycles. The molecule has 6 rings (SSSR count). The summed E-state index contributed by atoms with van der Waals surface area (Å²) in [6.07, 6.45) is -0.519. The van der Waals surface area contributed by atoms with Gasteiger partial charge in [0.1, 0.15) is 11.4 Å². The second-order valence-electron chi connectivity index (χ2n) is 9.32. The first-order valence-corrected chi connectivity index (χ1v) is 12.1. The summed E-state index contributed by atoms with van der Waals surface area (Å²) < 4.78 is 32.0. The van der Waals surface area contributed by atoms with Crippen molar-refractivity contribution in [3.63, 3.8) is 0 Å². The van der Waals surface area contributed by atoms with Gasteiger partial charge >= 0.3 is 0 Å². The number of amides is 1. The van der Waals surface area contributed by atoms with Gasteiger partial charge in [-0.2, -0.15) is 9.97 Å². The van der Waals surface area contributed by atoms with E-state index in [0.29, 0.717) is 80.1 Å². The Morgan fingerprint density at radius 2 is 2.00 bits per heavy atom. The van der Waals surface area contributed by atoms with Crippen molar-refractivity contribution >= 4 is 28.7 Å². The minimum atomic E-state index is -1.32. The highest BCUT2D eigenvalue weighted by Crippen LogP contribution is 2.33. The Morgan fingerprint density at radius 3 is 2.81 bits per heavy atom. The summed E-state index contributed by atoms with van der Waals surface area (Å²) in [7, 11) is 0. The van der Waals surface area contributed by atoms with Crippen LogP contribution in [0.2, 0.25) is 0 Å². The van der Waals surface area contributed by atoms with E-state index in [4.69, 9.17) is 34.9 Å². The lowest BCUT2D eigenvalue weighted by molar-refractivity contribution is -0.0583. The van der Waals surface area contributed by atoms with Crippen LogP contribution in [0.15, 0.2) is 36.4 Å². The van der Waals surface area contributed by atoms with Gasteiger partial charge in [-0.1, -0.05) is 12.1 Å². The summed E-state index contributed by atoms with van der Waals surface area (Å²) in [4.78, 5) is 29.8. The number of ether oxygens (including phenoxy) is 3. The van der Waals surface area contributed by atoms with Crippen LogP contribution in [0.25, 0.3) is 22.3 Å². The molecule has 11 heteroatoms. The number of primary amides is 1. The summed E-state index contributed by atoms with van der Waals surface area (Å²) >= 11 is 0. The van der Waals surface area contributed by atoms with Crippen LogP contribution >= 0.6 is 0 Å². The highest BCUT2D eigenvalue weighted by Gasteiger charge is 2.41. The van der Waals surface area contributed by atoms with E-state index in [1.165, 1.54) is 0 Å². The third kappa shape index (κ3) is 4.23. The molecule has 2 N–H and O–H groups in total. The van der Waals surface area contributed by atoms with E-state index in [0.717, 1.165) is 12.0 Å². The molecule has 3 fully saturated rings. The average molecular weight is 495 g/mol. The molecule has 1 aromatic carbocycles. The number of hydrogen-bond acceptors (Lipinski definition) is 9. The molecule has 0 aliphatic carbocycles. The zero-order valence-corrected chi connectivity index (χ0v) is 19.7. The molecular weight excluding hydrogens is 467 g/mol. The fraction of sp³-hybridized carbons (Fsp3) is 0.440. The number of nitrogens with zero attached hydrogens (tertiary/aromatic N) is 5. The van der Waals surface area contributed by atoms with Gasteiger partial charge in [0.05, 0.1) is 44.1 Å². The van der Waals surface area contributed by atoms with Gasteiger partial charge in [-0.3, -0.25) is 4.79 Å². The lowest BCUT2D eigenvalue weighted by Gasteiger charge is -2.40. The smallest absolute Gasteiger partial charge is 0.248 e. The number of rotatable bonds is 4. The van der Waals surface area contributed by atoms with E-state index < -0.39 is 12.2 Å². The number of alkyl halides is 1. The van der Waals surface area contributed by atoms with Gasteiger partial charge in [-0.15, -0.1) is 0 Å². The van der Waals surface area contributed by atoms with Crippen LogP contribution in [0.3, 0.4) is 0 Å². The van der Waals surface area contributed by atoms with Gasteiger partial charge in [0.15, 0.2) is 11.9 Å². The predicted octanol–water partition coefficient (Wildman–Crippen LogP) is 1.92. The van der Waals surface area contributed by atoms with Crippen LogP contribution in [-0.2, 0) is 14.2 Å². The van der Waals surface area contributed by atoms with E-state index >= 15 is 0 Å². The van der Waals surface area contributed by atoms with Crippen LogP contribution in [0, 0.1) is 0 Å². The fourth-order valence-corrected chi connectivity index (χ4v) is 4.99. The van der Waals surface area contributed by atoms with Crippen molar-refractivity contribution < 1.29 is 23.4 Å². The Labute approximate surface area is 207 Å². The van der Waals surface area contributed by atoms with Gasteiger partial charge < -0.3 is 29.7 Å². The lowest BCUT2D eigenvalue weighted by Crippen LogP contribution is -2.53. The van der Waals surface area contributed by atoms with E-state index in [2.05, 4.69) is 4.90 Å². The number of nitrogens with two attached hydrogens (primary N) is 1. The summed E-state index contributed by atoms with van der Waals surface area (Å²) in [6, 6.07) is 10.6. The standard InChI is InChI=1S/C25H27FN6O4/c26-20-13-34-10-8-32(20)23-18-4-5-19(16-2-1-3-17(12-16)21(27)33)28-22(18)29-24(30-23)31-7-11-36-25(14-31)6-9-35-15-25/h1-5,12,20H,6-11,13-15H2,(H2,27,33)/t20-,25?/m1/s1. The topological polar surface area (TPSA) is 116 Å². The van der Waals surface area contributed by atoms with Crippen molar-refractivity contribution in [3.8, 4) is 11.3 Å². The first-order valence-electron chi connectivity index (χ1n) is 12.1. The number of morpholine rings is 2. The Morgan fingerprint density at radius 1 is 1.08 bits per heavy atom. The van der Waals surface area contributed by atoms with Crippen LogP contribution in [-0.4, -0.2) is 85.4 Å². The average Bonchev–Trinajstić information content (AvgIpc) is 3.35. The van der Waals surface area contributed by atoms with Gasteiger partial charge in [0.25, 0.3) is 0 Å². The van der Waals surface area contributed by atoms with Gasteiger partial charge in [-0.05, 0) is 24.3 Å². The quantitative estimate of drug-likeness (QED) is 0.543. The SMILES string of the molecule is NC(=O)c1cccc(-c2ccc3c(N4CCOC[C@@H]4F)nc(N4CCOC5(CCOC5)C4)nc3n2)c1. The van der Waals surface area contributed by atoms with Crippen molar-refractivity contribution in [2.75, 3.05) is 62.5 Å². The zero-order chi connectivity index (χ0) is 24.7. The van der Waals surface area contributed by atoms with E-state index in [-0.39, 0.29) is 12.2 Å². The molecule has 0 radical (unpaired) electrons. The van der Waals surface area contributed by atoms with Crippen molar-refractivity contribution in [2.45, 2.75) is 18.3 Å². The predicted molar refractivity (Wildman–Crippen MR) is 131 cm³/mol. The van der Waals surface area contributed by atoms with Crippen LogP contribution < -0.4 is 15.5 Å². The summed E-state index contributed by atoms with van der Waals surface area (Å²) in [5.41, 5.74) is 7.27. The first-order chi connectivity index (χ1) is 17.5. The number of anilines is 2. The molecular formula is C25H27FN6O4. The Bertz CT molecular complexity index is 1300. The molecule has 188 valence electrons. The molecule has 3 saturated heterocycles. The Balaban J connectivity index is 1.45. The first kappa shape index (κ1) is 23.0. The Hall–Kier alpha value is -3.41. The maximum atomic E-state index is 15.0. The molecule has 1 amide bonds. The molecule has 2 atom stereocenters. The number of halogens is 1. The van der Waals surface area contributed by atoms with Crippen LogP contribution in [0.5, 0.6) is 0 Å². The number of carbonyl (C=O) groups is 1. The van der Waals surface area contributed by atoms with Crippen molar-refractivity contribution in [1.29, 1.82) is 0 Å². The summed E-state index contributed by atoms with van der Waals surface area (Å²) in [6.45, 7) is 3.65. The molecule has 3 aliphatic heterocycles. The molecule has 1 spiro atoms. The van der Waals surface area contributed by atoms with E-state index in [1.807, 2.05) is 18.2 Å². The number of carbonyl (C=O) groups excluding carboxylic acids is 1. The Kier molecular flexibility index (Phi) is 5.90. The second kappa shape index (κ2) is 9.23. The molecule has 10 nitrogen and oxygen atoms in total. The van der Waals surface area contributed by atoms with Gasteiger partial charge in [0.2, 0.25) is 11.9 Å². The van der Waals surface area contributed by atoms with E-state index in [1.54, 1.807) is 23.1 Å². The van der Waals surface area contributed by atoms with E-state index in [9.17, 15) is 9.18 Å². The van der Waals surface area contributed by atoms with Crippen LogP contribution in [0.1, 0.15) is 16.8 Å². The number of hydrogen-bond donors (Lipinski definition) is 1. The summed E-state index contributed by atoms with van der Waals surface area (Å²) in [5.74, 6) is 0.447. The molecule has 0 saturated carbocycles. The zero-order valence-electron chi connectivity index (χ0n) is 19.7. The van der Waals surface area contributed by atoms with Gasteiger partial charge in [0, 0.05) is 37.2 Å². The normalized spacial score (nSPS) is 24.5. The molecule has 36 heavy (non-hydrogen) atoms. The number of aromatic nitrogens is 3. The molecule has 1 unspecified atom stereocenters. The van der Waals surface area contributed by atoms with Gasteiger partial charge in [-0.25, -0.2) is 9.37 Å². The molecule has 3 aliphatic rings. The number of pyridine rings is 1. The fourth-order valence-electron chi connectivity index (χ4n) is 4.99. The highest BCUT2D eigenvalue weighted by molar-refractivity contribution is 5.94. The third-order valence-corrected chi connectivity index (χ3v) is 6.91. The lowest BCUT2D eigenvalue weighted by atomic mass is 10.0. The van der Waals surface area contributed by atoms with Crippen molar-refractivity contribution in [1.82, 2.24) is 15.0 Å². The minimum absolute atomic E-state index is 0.0236. The number of benzene rings is 1. The maximum absolute atomic E-state index is 15.0. The summed E-state index contributed by atoms with van der Waals surface area (Å²) in [5, 5.41) is 0.644. The van der Waals surface area contributed by atoms with Crippen molar-refractivity contribution in [2.24, 2.45) is 5.73 Å². The van der Waals surface area contributed by atoms with Crippen LogP contribution in [0.4, 0.5) is 16.2 Å². The molecule has 3 aromatic rings. The molecule has 5 heterocycles. The highest BCUT2D eigenvalue weighted by atomic mass is 19.1. The monoisotopic (exact) mass is 494 g/mol. The second-order valence-corrected chi connectivity index (χ2v) is 9.32. The third-order valence-electron chi connectivity index (χ3n) is 6.91. The molecule has 0 bridgehead atoms. The number of fused-ring (bicyclic) bond motifs is 1.